The van der Waals surface area contributed by atoms with Gasteiger partial charge in [-0.15, -0.1) is 11.8 Å². The van der Waals surface area contributed by atoms with Gasteiger partial charge in [0.1, 0.15) is 12.0 Å². The summed E-state index contributed by atoms with van der Waals surface area (Å²) in [5.41, 5.74) is 2.34. The zero-order chi connectivity index (χ0) is 17.6. The maximum Gasteiger partial charge on any atom is 0.133 e. The van der Waals surface area contributed by atoms with Gasteiger partial charge in [-0.1, -0.05) is 35.9 Å². The molecule has 0 unspecified atom stereocenters. The zero-order valence-electron chi connectivity index (χ0n) is 14.3. The van der Waals surface area contributed by atoms with E-state index in [4.69, 9.17) is 16.3 Å². The Morgan fingerprint density at radius 3 is 2.80 bits per heavy atom. The van der Waals surface area contributed by atoms with Crippen LogP contribution in [0.4, 0.5) is 0 Å². The van der Waals surface area contributed by atoms with Crippen LogP contribution in [0.5, 0.6) is 5.75 Å². The van der Waals surface area contributed by atoms with Crippen LogP contribution in [0.15, 0.2) is 47.4 Å². The van der Waals surface area contributed by atoms with Gasteiger partial charge in [0.2, 0.25) is 0 Å². The molecule has 0 atom stereocenters. The first kappa shape index (κ1) is 18.3. The molecule has 3 rings (SSSR count). The molecule has 0 radical (unpaired) electrons. The molecular formula is C20H22ClNO2S. The first-order valence-electron chi connectivity index (χ1n) is 8.49. The second kappa shape index (κ2) is 8.75. The van der Waals surface area contributed by atoms with Crippen molar-refractivity contribution in [3.8, 4) is 5.75 Å². The minimum absolute atomic E-state index is 0.205. The van der Waals surface area contributed by atoms with Crippen LogP contribution in [0.3, 0.4) is 0 Å². The Hall–Kier alpha value is -1.49. The summed E-state index contributed by atoms with van der Waals surface area (Å²) in [7, 11) is 0. The second-order valence-electron chi connectivity index (χ2n) is 6.18. The fraction of sp³-hybridized carbons (Fsp3) is 0.350. The summed E-state index contributed by atoms with van der Waals surface area (Å²) in [6.45, 7) is 5.21. The topological polar surface area (TPSA) is 29.5 Å². The van der Waals surface area contributed by atoms with Gasteiger partial charge in [0.15, 0.2) is 0 Å². The van der Waals surface area contributed by atoms with Crippen LogP contribution in [0.2, 0.25) is 5.02 Å². The smallest absolute Gasteiger partial charge is 0.133 e. The highest BCUT2D eigenvalue weighted by molar-refractivity contribution is 7.98. The molecule has 3 nitrogen and oxygen atoms in total. The minimum atomic E-state index is 0.205. The van der Waals surface area contributed by atoms with E-state index in [9.17, 15) is 4.79 Å². The Bertz CT molecular complexity index is 731. The molecule has 0 saturated carbocycles. The van der Waals surface area contributed by atoms with Gasteiger partial charge >= 0.3 is 0 Å². The first-order valence-corrected chi connectivity index (χ1v) is 9.85. The van der Waals surface area contributed by atoms with Crippen molar-refractivity contribution < 1.29 is 9.53 Å². The Balaban J connectivity index is 1.66. The molecule has 1 heterocycles. The molecule has 2 aromatic carbocycles. The number of likely N-dealkylation sites (tertiary alicyclic amines) is 1. The van der Waals surface area contributed by atoms with Gasteiger partial charge in [0.05, 0.1) is 6.61 Å². The number of hydrogen-bond acceptors (Lipinski definition) is 4. The predicted octanol–water partition coefficient (Wildman–Crippen LogP) is 4.66. The molecule has 0 bridgehead atoms. The normalized spacial score (nSPS) is 15.0. The van der Waals surface area contributed by atoms with Gasteiger partial charge in [-0.05, 0) is 36.2 Å². The number of carbonyl (C=O) groups is 1. The summed E-state index contributed by atoms with van der Waals surface area (Å²) in [5.74, 6) is 1.94. The molecule has 0 aromatic heterocycles. The summed E-state index contributed by atoms with van der Waals surface area (Å²) in [6, 6.07) is 14.3. The van der Waals surface area contributed by atoms with Crippen molar-refractivity contribution in [3.63, 3.8) is 0 Å². The van der Waals surface area contributed by atoms with E-state index in [0.29, 0.717) is 6.61 Å². The quantitative estimate of drug-likeness (QED) is 0.495. The van der Waals surface area contributed by atoms with Crippen LogP contribution >= 0.6 is 23.4 Å². The predicted molar refractivity (Wildman–Crippen MR) is 103 cm³/mol. The number of rotatable bonds is 8. The average molecular weight is 376 g/mol. The summed E-state index contributed by atoms with van der Waals surface area (Å²) in [6.07, 6.45) is 1.05. The van der Waals surface area contributed by atoms with Crippen molar-refractivity contribution >= 4 is 29.6 Å². The molecule has 0 spiro atoms. The fourth-order valence-corrected chi connectivity index (χ4v) is 4.16. The van der Waals surface area contributed by atoms with E-state index < -0.39 is 0 Å². The number of nitrogens with zero attached hydrogens (tertiary/aromatic N) is 1. The van der Waals surface area contributed by atoms with Crippen LogP contribution in [0, 0.1) is 5.92 Å². The fourth-order valence-electron chi connectivity index (χ4n) is 2.89. The van der Waals surface area contributed by atoms with Crippen molar-refractivity contribution in [1.82, 2.24) is 4.90 Å². The lowest BCUT2D eigenvalue weighted by molar-refractivity contribution is -0.115. The van der Waals surface area contributed by atoms with E-state index in [0.717, 1.165) is 52.9 Å². The summed E-state index contributed by atoms with van der Waals surface area (Å²) < 4.78 is 5.84. The van der Waals surface area contributed by atoms with Crippen LogP contribution in [-0.2, 0) is 17.1 Å². The van der Waals surface area contributed by atoms with Crippen molar-refractivity contribution in [1.29, 1.82) is 0 Å². The van der Waals surface area contributed by atoms with E-state index >= 15 is 0 Å². The molecule has 2 aromatic rings. The van der Waals surface area contributed by atoms with E-state index in [2.05, 4.69) is 29.2 Å². The largest absolute Gasteiger partial charge is 0.493 e. The molecule has 1 aliphatic rings. The Labute approximate surface area is 158 Å². The molecule has 0 aliphatic carbocycles. The maximum absolute atomic E-state index is 10.7. The number of benzene rings is 2. The second-order valence-corrected chi connectivity index (χ2v) is 7.61. The van der Waals surface area contributed by atoms with Gasteiger partial charge in [-0.25, -0.2) is 0 Å². The van der Waals surface area contributed by atoms with Crippen LogP contribution in [0.1, 0.15) is 18.1 Å². The molecule has 1 fully saturated rings. The highest BCUT2D eigenvalue weighted by atomic mass is 35.5. The van der Waals surface area contributed by atoms with E-state index in [1.165, 1.54) is 5.56 Å². The van der Waals surface area contributed by atoms with E-state index in [1.807, 2.05) is 25.1 Å². The highest BCUT2D eigenvalue weighted by Crippen LogP contribution is 2.34. The Morgan fingerprint density at radius 2 is 2.08 bits per heavy atom. The summed E-state index contributed by atoms with van der Waals surface area (Å²) in [5, 5.41) is 0.798. The van der Waals surface area contributed by atoms with Gasteiger partial charge in [-0.3, -0.25) is 4.90 Å². The molecule has 0 amide bonds. The maximum atomic E-state index is 10.7. The highest BCUT2D eigenvalue weighted by Gasteiger charge is 2.25. The van der Waals surface area contributed by atoms with Gasteiger partial charge < -0.3 is 9.53 Å². The van der Waals surface area contributed by atoms with Crippen LogP contribution in [-0.4, -0.2) is 30.9 Å². The number of thioether (sulfide) groups is 1. The molecular weight excluding hydrogens is 354 g/mol. The minimum Gasteiger partial charge on any atom is -0.493 e. The molecule has 1 aliphatic heterocycles. The van der Waals surface area contributed by atoms with Crippen molar-refractivity contribution in [2.24, 2.45) is 5.92 Å². The van der Waals surface area contributed by atoms with Crippen molar-refractivity contribution in [2.75, 3.05) is 19.7 Å². The van der Waals surface area contributed by atoms with Crippen molar-refractivity contribution in [2.45, 2.75) is 24.1 Å². The monoisotopic (exact) mass is 375 g/mol. The van der Waals surface area contributed by atoms with Gasteiger partial charge in [0, 0.05) is 41.2 Å². The lowest BCUT2D eigenvalue weighted by Crippen LogP contribution is -2.46. The van der Waals surface area contributed by atoms with E-state index in [1.54, 1.807) is 11.8 Å². The lowest BCUT2D eigenvalue weighted by Gasteiger charge is -2.36. The number of halogens is 1. The third-order valence-corrected chi connectivity index (χ3v) is 5.71. The number of carbonyl (C=O) groups excluding carboxylic acids is 1. The van der Waals surface area contributed by atoms with E-state index in [-0.39, 0.29) is 5.92 Å². The number of ether oxygens (including phenoxy) is 1. The third-order valence-electron chi connectivity index (χ3n) is 4.23. The standard InChI is InChI=1S/C20H22ClNO2S/c1-2-24-19-9-15(10-22-11-16(12-22)13-23)7-8-20(19)25-14-17-5-3-4-6-18(17)21/h3-9,13,16H,2,10-12,14H2,1H3. The number of hydrogen-bond donors (Lipinski definition) is 0. The van der Waals surface area contributed by atoms with Gasteiger partial charge in [0.25, 0.3) is 0 Å². The third kappa shape index (κ3) is 4.78. The molecule has 5 heteroatoms. The Kier molecular flexibility index (Phi) is 6.40. The van der Waals surface area contributed by atoms with Crippen LogP contribution < -0.4 is 4.74 Å². The van der Waals surface area contributed by atoms with Crippen LogP contribution in [0.25, 0.3) is 0 Å². The molecule has 1 saturated heterocycles. The average Bonchev–Trinajstić information content (AvgIpc) is 2.58. The first-order chi connectivity index (χ1) is 12.2. The molecule has 132 valence electrons. The lowest BCUT2D eigenvalue weighted by atomic mass is 10.0. The van der Waals surface area contributed by atoms with Gasteiger partial charge in [-0.2, -0.15) is 0 Å². The summed E-state index contributed by atoms with van der Waals surface area (Å²) >= 11 is 7.98. The molecule has 25 heavy (non-hydrogen) atoms. The SMILES string of the molecule is CCOc1cc(CN2CC(C=O)C2)ccc1SCc1ccccc1Cl. The summed E-state index contributed by atoms with van der Waals surface area (Å²) in [4.78, 5) is 14.1. The number of aldehydes is 1. The Morgan fingerprint density at radius 1 is 1.28 bits per heavy atom. The molecule has 0 N–H and O–H groups in total. The van der Waals surface area contributed by atoms with Crippen molar-refractivity contribution in [3.05, 3.63) is 58.6 Å². The zero-order valence-corrected chi connectivity index (χ0v) is 15.9.